The maximum Gasteiger partial charge on any atom is 0.184 e. The summed E-state index contributed by atoms with van der Waals surface area (Å²) < 4.78 is 30.9. The molecule has 0 bridgehead atoms. The molecule has 0 saturated heterocycles. The van der Waals surface area contributed by atoms with Crippen LogP contribution in [0.15, 0.2) is 24.5 Å². The fourth-order valence-corrected chi connectivity index (χ4v) is 2.30. The van der Waals surface area contributed by atoms with Crippen molar-refractivity contribution in [3.05, 3.63) is 46.8 Å². The van der Waals surface area contributed by atoms with Gasteiger partial charge >= 0.3 is 0 Å². The van der Waals surface area contributed by atoms with Gasteiger partial charge in [0, 0.05) is 19.4 Å². The number of imidazole rings is 2. The number of nitrogens with zero attached hydrogens (tertiary/aromatic N) is 3. The summed E-state index contributed by atoms with van der Waals surface area (Å²) >= 11 is 5.15. The summed E-state index contributed by atoms with van der Waals surface area (Å²) in [4.78, 5) is 7.02. The first-order valence-electron chi connectivity index (χ1n) is 5.60. The number of halogens is 2. The van der Waals surface area contributed by atoms with Crippen LogP contribution < -0.4 is 0 Å². The first-order valence-corrected chi connectivity index (χ1v) is 6.01. The molecule has 0 spiro atoms. The molecule has 0 amide bonds. The van der Waals surface area contributed by atoms with E-state index in [-0.39, 0.29) is 12.1 Å². The Morgan fingerprint density at radius 1 is 1.37 bits per heavy atom. The normalized spacial score (nSPS) is 11.3. The highest BCUT2D eigenvalue weighted by Gasteiger charge is 2.14. The molecular formula is C12H10F2N4S. The van der Waals surface area contributed by atoms with Crippen LogP contribution in [0.5, 0.6) is 0 Å². The van der Waals surface area contributed by atoms with E-state index in [9.17, 15) is 8.78 Å². The SMILES string of the molecule is Cn1ccnc1Cn1c(=S)[nH]c2ccc(F)c(F)c21. The van der Waals surface area contributed by atoms with Crippen LogP contribution in [0.25, 0.3) is 11.0 Å². The van der Waals surface area contributed by atoms with Gasteiger partial charge in [0.2, 0.25) is 0 Å². The first kappa shape index (κ1) is 12.0. The van der Waals surface area contributed by atoms with Crippen LogP contribution in [0.1, 0.15) is 5.82 Å². The van der Waals surface area contributed by atoms with Gasteiger partial charge < -0.3 is 14.1 Å². The Kier molecular flexibility index (Phi) is 2.70. The maximum absolute atomic E-state index is 13.9. The number of hydrogen-bond acceptors (Lipinski definition) is 2. The second kappa shape index (κ2) is 4.27. The number of aromatic amines is 1. The molecule has 0 aliphatic rings. The van der Waals surface area contributed by atoms with Gasteiger partial charge in [0.25, 0.3) is 0 Å². The smallest absolute Gasteiger partial charge is 0.184 e. The van der Waals surface area contributed by atoms with Crippen molar-refractivity contribution in [1.29, 1.82) is 0 Å². The van der Waals surface area contributed by atoms with Crippen molar-refractivity contribution in [2.75, 3.05) is 0 Å². The van der Waals surface area contributed by atoms with Gasteiger partial charge in [0.1, 0.15) is 11.3 Å². The van der Waals surface area contributed by atoms with E-state index >= 15 is 0 Å². The molecule has 2 aromatic heterocycles. The van der Waals surface area contributed by atoms with E-state index in [0.717, 1.165) is 6.07 Å². The van der Waals surface area contributed by atoms with Crippen molar-refractivity contribution < 1.29 is 8.78 Å². The molecule has 0 atom stereocenters. The molecule has 3 aromatic rings. The predicted molar refractivity (Wildman–Crippen MR) is 69.3 cm³/mol. The molecule has 0 saturated carbocycles. The molecule has 2 heterocycles. The number of aromatic nitrogens is 4. The fourth-order valence-electron chi connectivity index (χ4n) is 2.03. The van der Waals surface area contributed by atoms with Gasteiger partial charge in [0.15, 0.2) is 16.4 Å². The molecule has 0 radical (unpaired) electrons. The third kappa shape index (κ3) is 1.86. The van der Waals surface area contributed by atoms with E-state index < -0.39 is 11.6 Å². The van der Waals surface area contributed by atoms with Crippen molar-refractivity contribution in [1.82, 2.24) is 19.1 Å². The summed E-state index contributed by atoms with van der Waals surface area (Å²) in [5.74, 6) is -1.09. The van der Waals surface area contributed by atoms with E-state index in [1.54, 1.807) is 17.0 Å². The van der Waals surface area contributed by atoms with E-state index in [4.69, 9.17) is 12.2 Å². The lowest BCUT2D eigenvalue weighted by molar-refractivity contribution is 0.511. The van der Waals surface area contributed by atoms with Gasteiger partial charge in [0.05, 0.1) is 12.1 Å². The molecular weight excluding hydrogens is 270 g/mol. The van der Waals surface area contributed by atoms with Crippen molar-refractivity contribution in [3.63, 3.8) is 0 Å². The van der Waals surface area contributed by atoms with Crippen LogP contribution >= 0.6 is 12.2 Å². The number of hydrogen-bond donors (Lipinski definition) is 1. The second-order valence-electron chi connectivity index (χ2n) is 4.23. The molecule has 0 unspecified atom stereocenters. The summed E-state index contributed by atoms with van der Waals surface area (Å²) in [6.07, 6.45) is 3.43. The highest BCUT2D eigenvalue weighted by molar-refractivity contribution is 7.71. The number of rotatable bonds is 2. The Morgan fingerprint density at radius 2 is 2.16 bits per heavy atom. The van der Waals surface area contributed by atoms with Crippen molar-refractivity contribution in [3.8, 4) is 0 Å². The minimum Gasteiger partial charge on any atom is -0.337 e. The number of benzene rings is 1. The zero-order chi connectivity index (χ0) is 13.6. The van der Waals surface area contributed by atoms with Gasteiger partial charge in [-0.1, -0.05) is 0 Å². The monoisotopic (exact) mass is 280 g/mol. The standard InChI is InChI=1S/C12H10F2N4S/c1-17-5-4-15-9(17)6-18-11-8(16-12(18)19)3-2-7(13)10(11)14/h2-5H,6H2,1H3,(H,16,19). The lowest BCUT2D eigenvalue weighted by Gasteiger charge is -2.05. The summed E-state index contributed by atoms with van der Waals surface area (Å²) in [5.41, 5.74) is 0.603. The van der Waals surface area contributed by atoms with E-state index in [0.29, 0.717) is 16.1 Å². The summed E-state index contributed by atoms with van der Waals surface area (Å²) in [5, 5.41) is 0. The molecule has 7 heteroatoms. The van der Waals surface area contributed by atoms with Crippen molar-refractivity contribution in [2.45, 2.75) is 6.54 Å². The third-order valence-corrected chi connectivity index (χ3v) is 3.37. The number of H-pyrrole nitrogens is 1. The van der Waals surface area contributed by atoms with Crippen molar-refractivity contribution >= 4 is 23.3 Å². The van der Waals surface area contributed by atoms with E-state index in [2.05, 4.69) is 9.97 Å². The zero-order valence-electron chi connectivity index (χ0n) is 10.0. The predicted octanol–water partition coefficient (Wildman–Crippen LogP) is 2.76. The average molecular weight is 280 g/mol. The Hall–Kier alpha value is -2.02. The van der Waals surface area contributed by atoms with Gasteiger partial charge in [-0.05, 0) is 24.4 Å². The van der Waals surface area contributed by atoms with Crippen LogP contribution in [0.4, 0.5) is 8.78 Å². The third-order valence-electron chi connectivity index (χ3n) is 3.05. The number of aryl methyl sites for hydroxylation is 1. The van der Waals surface area contributed by atoms with Gasteiger partial charge in [-0.2, -0.15) is 0 Å². The summed E-state index contributed by atoms with van der Waals surface area (Å²) in [6, 6.07) is 2.55. The molecule has 3 rings (SSSR count). The number of nitrogens with one attached hydrogen (secondary N) is 1. The fraction of sp³-hybridized carbons (Fsp3) is 0.167. The Morgan fingerprint density at radius 3 is 2.84 bits per heavy atom. The Bertz CT molecular complexity index is 815. The van der Waals surface area contributed by atoms with Crippen LogP contribution in [0.2, 0.25) is 0 Å². The van der Waals surface area contributed by atoms with Crippen LogP contribution in [-0.4, -0.2) is 19.1 Å². The molecule has 0 fully saturated rings. The lowest BCUT2D eigenvalue weighted by Crippen LogP contribution is -2.07. The largest absolute Gasteiger partial charge is 0.337 e. The molecule has 19 heavy (non-hydrogen) atoms. The van der Waals surface area contributed by atoms with Crippen LogP contribution in [0, 0.1) is 16.4 Å². The van der Waals surface area contributed by atoms with Gasteiger partial charge in [-0.25, -0.2) is 13.8 Å². The Balaban J connectivity index is 2.23. The quantitative estimate of drug-likeness (QED) is 0.733. The highest BCUT2D eigenvalue weighted by Crippen LogP contribution is 2.21. The van der Waals surface area contributed by atoms with E-state index in [1.165, 1.54) is 10.6 Å². The topological polar surface area (TPSA) is 38.5 Å². The molecule has 1 N–H and O–H groups in total. The molecule has 4 nitrogen and oxygen atoms in total. The summed E-state index contributed by atoms with van der Waals surface area (Å²) in [7, 11) is 1.83. The zero-order valence-corrected chi connectivity index (χ0v) is 10.8. The van der Waals surface area contributed by atoms with Crippen molar-refractivity contribution in [2.24, 2.45) is 7.05 Å². The van der Waals surface area contributed by atoms with Gasteiger partial charge in [-0.3, -0.25) is 0 Å². The first-order chi connectivity index (χ1) is 9.08. The average Bonchev–Trinajstić information content (AvgIpc) is 2.91. The molecule has 98 valence electrons. The lowest BCUT2D eigenvalue weighted by atomic mass is 10.3. The molecule has 0 aliphatic carbocycles. The number of fused-ring (bicyclic) bond motifs is 1. The Labute approximate surface area is 112 Å². The van der Waals surface area contributed by atoms with Crippen LogP contribution in [-0.2, 0) is 13.6 Å². The van der Waals surface area contributed by atoms with Crippen LogP contribution in [0.3, 0.4) is 0 Å². The highest BCUT2D eigenvalue weighted by atomic mass is 32.1. The molecule has 1 aromatic carbocycles. The second-order valence-corrected chi connectivity index (χ2v) is 4.61. The maximum atomic E-state index is 13.9. The minimum absolute atomic E-state index is 0.132. The minimum atomic E-state index is -0.904. The van der Waals surface area contributed by atoms with E-state index in [1.807, 2.05) is 7.05 Å². The molecule has 0 aliphatic heterocycles. The van der Waals surface area contributed by atoms with Gasteiger partial charge in [-0.15, -0.1) is 0 Å². The summed E-state index contributed by atoms with van der Waals surface area (Å²) in [6.45, 7) is 0.280.